The predicted octanol–water partition coefficient (Wildman–Crippen LogP) is 1.84. The van der Waals surface area contributed by atoms with Crippen LogP contribution in [0.5, 0.6) is 11.5 Å². The second-order valence-corrected chi connectivity index (χ2v) is 7.45. The lowest BCUT2D eigenvalue weighted by Gasteiger charge is -2.25. The van der Waals surface area contributed by atoms with Crippen LogP contribution in [-0.2, 0) is 9.59 Å². The van der Waals surface area contributed by atoms with Crippen LogP contribution in [0.15, 0.2) is 48.5 Å². The Hall–Kier alpha value is -3.55. The number of methoxy groups -OCH3 is 1. The van der Waals surface area contributed by atoms with Gasteiger partial charge in [-0.05, 0) is 37.1 Å². The molecule has 2 aromatic rings. The molecule has 31 heavy (non-hydrogen) atoms. The summed E-state index contributed by atoms with van der Waals surface area (Å²) in [5.41, 5.74) is 0.930. The van der Waals surface area contributed by atoms with Gasteiger partial charge in [0.15, 0.2) is 11.5 Å². The molecule has 0 aromatic heterocycles. The van der Waals surface area contributed by atoms with Crippen molar-refractivity contribution in [1.82, 2.24) is 10.2 Å². The first kappa shape index (κ1) is 20.7. The van der Waals surface area contributed by atoms with Crippen LogP contribution < -0.4 is 19.7 Å². The third-order valence-electron chi connectivity index (χ3n) is 5.54. The fourth-order valence-electron chi connectivity index (χ4n) is 4.06. The number of nitrogens with one attached hydrogen (secondary N) is 1. The summed E-state index contributed by atoms with van der Waals surface area (Å²) in [7, 11) is 1.57. The molecule has 162 valence electrons. The number of benzene rings is 2. The number of ether oxygens (including phenoxy) is 2. The standard InChI is InChI=1S/C23H25N3O5/c1-30-19-10-4-5-11-20(19)31-14-12-24-21(27)15-26-17-8-3-2-7-16(17)22(28)25-13-6-9-18(25)23(26)29/h2-5,7-8,10-11,18H,6,9,12-15H2,1H3,(H,24,27). The van der Waals surface area contributed by atoms with Crippen LogP contribution in [0.25, 0.3) is 0 Å². The topological polar surface area (TPSA) is 88.2 Å². The van der Waals surface area contributed by atoms with Crippen LogP contribution in [0.4, 0.5) is 5.69 Å². The van der Waals surface area contributed by atoms with Gasteiger partial charge in [0.2, 0.25) is 11.8 Å². The Bertz CT molecular complexity index is 993. The SMILES string of the molecule is COc1ccccc1OCCNC(=O)CN1C(=O)C2CCCN2C(=O)c2ccccc21. The molecule has 0 bridgehead atoms. The molecule has 4 rings (SSSR count). The van der Waals surface area contributed by atoms with E-state index in [4.69, 9.17) is 9.47 Å². The second-order valence-electron chi connectivity index (χ2n) is 7.45. The Balaban J connectivity index is 1.40. The summed E-state index contributed by atoms with van der Waals surface area (Å²) in [6.07, 6.45) is 1.40. The monoisotopic (exact) mass is 423 g/mol. The molecule has 1 unspecified atom stereocenters. The highest BCUT2D eigenvalue weighted by Gasteiger charge is 2.42. The number of rotatable bonds is 7. The van der Waals surface area contributed by atoms with E-state index in [0.29, 0.717) is 35.7 Å². The van der Waals surface area contributed by atoms with Crippen molar-refractivity contribution in [3.63, 3.8) is 0 Å². The van der Waals surface area contributed by atoms with Crippen molar-refractivity contribution >= 4 is 23.4 Å². The minimum atomic E-state index is -0.512. The molecule has 2 aliphatic heterocycles. The molecule has 8 nitrogen and oxygen atoms in total. The molecule has 1 N–H and O–H groups in total. The molecule has 0 aliphatic carbocycles. The van der Waals surface area contributed by atoms with Gasteiger partial charge in [0.25, 0.3) is 5.91 Å². The van der Waals surface area contributed by atoms with Crippen molar-refractivity contribution in [3.8, 4) is 11.5 Å². The zero-order valence-corrected chi connectivity index (χ0v) is 17.4. The van der Waals surface area contributed by atoms with E-state index in [1.165, 1.54) is 4.90 Å². The van der Waals surface area contributed by atoms with Gasteiger partial charge >= 0.3 is 0 Å². The van der Waals surface area contributed by atoms with Crippen molar-refractivity contribution in [2.24, 2.45) is 0 Å². The highest BCUT2D eigenvalue weighted by Crippen LogP contribution is 2.32. The maximum Gasteiger partial charge on any atom is 0.256 e. The van der Waals surface area contributed by atoms with Gasteiger partial charge in [0.1, 0.15) is 19.2 Å². The van der Waals surface area contributed by atoms with Crippen molar-refractivity contribution in [1.29, 1.82) is 0 Å². The number of carbonyl (C=O) groups excluding carboxylic acids is 3. The zero-order chi connectivity index (χ0) is 21.8. The number of amides is 3. The van der Waals surface area contributed by atoms with Gasteiger partial charge < -0.3 is 24.6 Å². The highest BCUT2D eigenvalue weighted by molar-refractivity contribution is 6.12. The van der Waals surface area contributed by atoms with Crippen LogP contribution in [0, 0.1) is 0 Å². The summed E-state index contributed by atoms with van der Waals surface area (Å²) in [5.74, 6) is 0.531. The summed E-state index contributed by atoms with van der Waals surface area (Å²) in [4.78, 5) is 41.7. The van der Waals surface area contributed by atoms with E-state index < -0.39 is 6.04 Å². The van der Waals surface area contributed by atoms with Gasteiger partial charge in [-0.2, -0.15) is 0 Å². The number of anilines is 1. The first-order valence-electron chi connectivity index (χ1n) is 10.3. The summed E-state index contributed by atoms with van der Waals surface area (Å²) in [6.45, 7) is 0.937. The normalized spacial score (nSPS) is 17.6. The molecule has 0 radical (unpaired) electrons. The molecule has 0 spiro atoms. The first-order chi connectivity index (χ1) is 15.1. The van der Waals surface area contributed by atoms with Gasteiger partial charge in [0, 0.05) is 6.54 Å². The van der Waals surface area contributed by atoms with Crippen LogP contribution in [0.2, 0.25) is 0 Å². The lowest BCUT2D eigenvalue weighted by atomic mass is 10.1. The number of hydrogen-bond acceptors (Lipinski definition) is 5. The fraction of sp³-hybridized carbons (Fsp3) is 0.348. The van der Waals surface area contributed by atoms with Gasteiger partial charge in [-0.15, -0.1) is 0 Å². The lowest BCUT2D eigenvalue weighted by Crippen LogP contribution is -2.48. The van der Waals surface area contributed by atoms with Crippen molar-refractivity contribution in [3.05, 3.63) is 54.1 Å². The minimum absolute atomic E-state index is 0.151. The Labute approximate surface area is 180 Å². The van der Waals surface area contributed by atoms with Crippen LogP contribution >= 0.6 is 0 Å². The van der Waals surface area contributed by atoms with Gasteiger partial charge in [0.05, 0.1) is 24.9 Å². The van der Waals surface area contributed by atoms with E-state index in [1.54, 1.807) is 48.4 Å². The molecular weight excluding hydrogens is 398 g/mol. The number of fused-ring (bicyclic) bond motifs is 2. The van der Waals surface area contributed by atoms with Crippen LogP contribution in [0.1, 0.15) is 23.2 Å². The van der Waals surface area contributed by atoms with Gasteiger partial charge in [-0.1, -0.05) is 24.3 Å². The molecule has 1 atom stereocenters. The van der Waals surface area contributed by atoms with Gasteiger partial charge in [-0.25, -0.2) is 0 Å². The maximum atomic E-state index is 13.2. The largest absolute Gasteiger partial charge is 0.493 e. The quantitative estimate of drug-likeness (QED) is 0.687. The van der Waals surface area contributed by atoms with E-state index >= 15 is 0 Å². The van der Waals surface area contributed by atoms with Gasteiger partial charge in [-0.3, -0.25) is 14.4 Å². The molecule has 2 aliphatic rings. The zero-order valence-electron chi connectivity index (χ0n) is 17.4. The highest BCUT2D eigenvalue weighted by atomic mass is 16.5. The van der Waals surface area contributed by atoms with E-state index in [1.807, 2.05) is 12.1 Å². The molecule has 3 amide bonds. The number of carbonyl (C=O) groups is 3. The van der Waals surface area contributed by atoms with Crippen molar-refractivity contribution in [2.45, 2.75) is 18.9 Å². The van der Waals surface area contributed by atoms with Crippen molar-refractivity contribution in [2.75, 3.05) is 38.3 Å². The molecular formula is C23H25N3O5. The molecule has 2 aromatic carbocycles. The molecule has 1 fully saturated rings. The summed E-state index contributed by atoms with van der Waals surface area (Å²) < 4.78 is 10.9. The second kappa shape index (κ2) is 9.07. The molecule has 8 heteroatoms. The Morgan fingerprint density at radius 1 is 1.10 bits per heavy atom. The third-order valence-corrected chi connectivity index (χ3v) is 5.54. The maximum absolute atomic E-state index is 13.2. The number of nitrogens with zero attached hydrogens (tertiary/aromatic N) is 2. The molecule has 2 heterocycles. The Morgan fingerprint density at radius 3 is 2.65 bits per heavy atom. The Kier molecular flexibility index (Phi) is 6.06. The average molecular weight is 423 g/mol. The van der Waals surface area contributed by atoms with Crippen LogP contribution in [0.3, 0.4) is 0 Å². The lowest BCUT2D eigenvalue weighted by molar-refractivity contribution is -0.125. The van der Waals surface area contributed by atoms with Crippen LogP contribution in [-0.4, -0.2) is 62.0 Å². The van der Waals surface area contributed by atoms with E-state index in [9.17, 15) is 14.4 Å². The predicted molar refractivity (Wildman–Crippen MR) is 114 cm³/mol. The van der Waals surface area contributed by atoms with Crippen molar-refractivity contribution < 1.29 is 23.9 Å². The number of hydrogen-bond donors (Lipinski definition) is 1. The smallest absolute Gasteiger partial charge is 0.256 e. The minimum Gasteiger partial charge on any atom is -0.493 e. The Morgan fingerprint density at radius 2 is 1.84 bits per heavy atom. The number of para-hydroxylation sites is 3. The molecule has 0 saturated carbocycles. The average Bonchev–Trinajstić information content (AvgIpc) is 3.27. The first-order valence-corrected chi connectivity index (χ1v) is 10.3. The van der Waals surface area contributed by atoms with E-state index in [-0.39, 0.29) is 37.4 Å². The molecule has 1 saturated heterocycles. The summed E-state index contributed by atoms with van der Waals surface area (Å²) >= 11 is 0. The third kappa shape index (κ3) is 4.19. The summed E-state index contributed by atoms with van der Waals surface area (Å²) in [6, 6.07) is 13.7. The fourth-order valence-corrected chi connectivity index (χ4v) is 4.06. The van der Waals surface area contributed by atoms with E-state index in [2.05, 4.69) is 5.32 Å². The van der Waals surface area contributed by atoms with E-state index in [0.717, 1.165) is 6.42 Å². The summed E-state index contributed by atoms with van der Waals surface area (Å²) in [5, 5.41) is 2.78.